The van der Waals surface area contributed by atoms with E-state index in [0.29, 0.717) is 5.69 Å². The average Bonchev–Trinajstić information content (AvgIpc) is 2.28. The van der Waals surface area contributed by atoms with Crippen LogP contribution < -0.4 is 15.8 Å². The molecule has 1 unspecified atom stereocenters. The van der Waals surface area contributed by atoms with Gasteiger partial charge in [-0.1, -0.05) is 12.1 Å². The minimum atomic E-state index is -3.38. The minimum absolute atomic E-state index is 0.0452. The van der Waals surface area contributed by atoms with Crippen molar-refractivity contribution in [3.05, 3.63) is 29.8 Å². The van der Waals surface area contributed by atoms with Crippen molar-refractivity contribution >= 4 is 33.3 Å². The van der Waals surface area contributed by atoms with Crippen LogP contribution >= 0.6 is 11.6 Å². The minimum Gasteiger partial charge on any atom is -0.351 e. The molecule has 1 atom stereocenters. The number of benzene rings is 1. The molecule has 0 aliphatic heterocycles. The molecule has 0 spiro atoms. The normalized spacial score (nSPS) is 12.9. The molecule has 0 bridgehead atoms. The molecular weight excluding hydrogens is 290 g/mol. The van der Waals surface area contributed by atoms with Gasteiger partial charge in [-0.05, 0) is 24.6 Å². The first kappa shape index (κ1) is 15.7. The summed E-state index contributed by atoms with van der Waals surface area (Å²) < 4.78 is 25.6. The van der Waals surface area contributed by atoms with Crippen molar-refractivity contribution in [2.24, 2.45) is 5.73 Å². The van der Waals surface area contributed by atoms with Crippen LogP contribution in [0.5, 0.6) is 0 Å². The molecule has 0 aromatic heterocycles. The van der Waals surface area contributed by atoms with Gasteiger partial charge in [0.1, 0.15) is 0 Å². The number of sulfonamides is 1. The molecule has 4 N–H and O–H groups in total. The quantitative estimate of drug-likeness (QED) is 0.692. The highest BCUT2D eigenvalue weighted by atomic mass is 35.5. The monoisotopic (exact) mass is 305 g/mol. The predicted molar refractivity (Wildman–Crippen MR) is 75.7 cm³/mol. The summed E-state index contributed by atoms with van der Waals surface area (Å²) in [5, 5.41) is 2.42. The maximum atomic E-state index is 11.6. The van der Waals surface area contributed by atoms with Crippen LogP contribution in [0, 0.1) is 0 Å². The summed E-state index contributed by atoms with van der Waals surface area (Å²) in [5.74, 6) is -0.0796. The second kappa shape index (κ2) is 6.74. The number of nitrogens with two attached hydrogens (primary N) is 1. The first-order valence-corrected chi connectivity index (χ1v) is 7.75. The van der Waals surface area contributed by atoms with E-state index in [4.69, 9.17) is 17.3 Å². The highest BCUT2D eigenvalue weighted by Crippen LogP contribution is 2.16. The highest BCUT2D eigenvalue weighted by Gasteiger charge is 2.15. The average molecular weight is 306 g/mol. The first-order valence-electron chi connectivity index (χ1n) is 5.56. The number of rotatable bonds is 6. The molecule has 0 saturated heterocycles. The molecule has 0 heterocycles. The van der Waals surface area contributed by atoms with Gasteiger partial charge in [0, 0.05) is 17.6 Å². The van der Waals surface area contributed by atoms with E-state index in [0.717, 1.165) is 5.56 Å². The van der Waals surface area contributed by atoms with Crippen molar-refractivity contribution in [2.45, 2.75) is 13.0 Å². The van der Waals surface area contributed by atoms with Crippen LogP contribution in [0.4, 0.5) is 10.5 Å². The maximum absolute atomic E-state index is 11.6. The van der Waals surface area contributed by atoms with Crippen molar-refractivity contribution < 1.29 is 13.2 Å². The van der Waals surface area contributed by atoms with Crippen molar-refractivity contribution in [1.29, 1.82) is 0 Å². The van der Waals surface area contributed by atoms with E-state index in [1.165, 1.54) is 0 Å². The fourth-order valence-corrected chi connectivity index (χ4v) is 3.10. The fraction of sp³-hybridized carbons (Fsp3) is 0.364. The van der Waals surface area contributed by atoms with E-state index < -0.39 is 16.1 Å². The molecule has 19 heavy (non-hydrogen) atoms. The summed E-state index contributed by atoms with van der Waals surface area (Å²) >= 11 is 5.41. The van der Waals surface area contributed by atoms with E-state index in [-0.39, 0.29) is 17.7 Å². The lowest BCUT2D eigenvalue weighted by Gasteiger charge is -2.14. The van der Waals surface area contributed by atoms with E-state index in [9.17, 15) is 13.2 Å². The summed E-state index contributed by atoms with van der Waals surface area (Å²) in [5.41, 5.74) is 6.30. The van der Waals surface area contributed by atoms with Crippen LogP contribution in [0.15, 0.2) is 24.3 Å². The van der Waals surface area contributed by atoms with Crippen molar-refractivity contribution in [1.82, 2.24) is 4.72 Å². The summed E-state index contributed by atoms with van der Waals surface area (Å²) in [6, 6.07) is 5.68. The number of hydrogen-bond acceptors (Lipinski definition) is 3. The zero-order valence-electron chi connectivity index (χ0n) is 10.4. The Labute approximate surface area is 117 Å². The SMILES string of the molecule is CC(NS(=O)(=O)CCCl)c1ccc(NC(N)=O)cc1. The molecule has 1 rings (SSSR count). The second-order valence-electron chi connectivity index (χ2n) is 3.96. The third-order valence-corrected chi connectivity index (χ3v) is 4.25. The Bertz CT molecular complexity index is 531. The molecule has 8 heteroatoms. The number of carbonyl (C=O) groups excluding carboxylic acids is 1. The Balaban J connectivity index is 2.73. The van der Waals surface area contributed by atoms with Gasteiger partial charge in [0.25, 0.3) is 0 Å². The molecule has 6 nitrogen and oxygen atoms in total. The van der Waals surface area contributed by atoms with Crippen molar-refractivity contribution in [3.8, 4) is 0 Å². The van der Waals surface area contributed by atoms with Gasteiger partial charge in [-0.3, -0.25) is 0 Å². The number of primary amides is 1. The van der Waals surface area contributed by atoms with Gasteiger partial charge in [0.2, 0.25) is 10.0 Å². The number of amides is 2. The summed E-state index contributed by atoms with van der Waals surface area (Å²) in [7, 11) is -3.38. The number of urea groups is 1. The smallest absolute Gasteiger partial charge is 0.316 e. The van der Waals surface area contributed by atoms with Crippen LogP contribution in [0.1, 0.15) is 18.5 Å². The fourth-order valence-electron chi connectivity index (χ4n) is 1.50. The van der Waals surface area contributed by atoms with Gasteiger partial charge in [-0.15, -0.1) is 11.6 Å². The summed E-state index contributed by atoms with van der Waals surface area (Å²) in [6.07, 6.45) is 0. The van der Waals surface area contributed by atoms with Gasteiger partial charge in [0.15, 0.2) is 0 Å². The summed E-state index contributed by atoms with van der Waals surface area (Å²) in [6.45, 7) is 1.72. The highest BCUT2D eigenvalue weighted by molar-refractivity contribution is 7.89. The molecule has 0 aliphatic carbocycles. The Morgan fingerprint density at radius 1 is 1.37 bits per heavy atom. The molecule has 1 aromatic rings. The molecule has 0 aliphatic rings. The van der Waals surface area contributed by atoms with Crippen LogP contribution in [0.3, 0.4) is 0 Å². The van der Waals surface area contributed by atoms with Crippen LogP contribution in [0.25, 0.3) is 0 Å². The zero-order valence-corrected chi connectivity index (χ0v) is 12.0. The number of alkyl halides is 1. The van der Waals surface area contributed by atoms with E-state index >= 15 is 0 Å². The Morgan fingerprint density at radius 2 is 1.95 bits per heavy atom. The van der Waals surface area contributed by atoms with Crippen LogP contribution in [-0.4, -0.2) is 26.1 Å². The van der Waals surface area contributed by atoms with Crippen LogP contribution in [0.2, 0.25) is 0 Å². The predicted octanol–water partition coefficient (Wildman–Crippen LogP) is 1.40. The van der Waals surface area contributed by atoms with E-state index in [2.05, 4.69) is 10.0 Å². The molecule has 106 valence electrons. The largest absolute Gasteiger partial charge is 0.351 e. The van der Waals surface area contributed by atoms with Gasteiger partial charge in [-0.25, -0.2) is 17.9 Å². The van der Waals surface area contributed by atoms with Gasteiger partial charge in [0.05, 0.1) is 5.75 Å². The molecule has 2 amide bonds. The molecular formula is C11H16ClN3O3S. The molecule has 0 radical (unpaired) electrons. The zero-order chi connectivity index (χ0) is 14.5. The lowest BCUT2D eigenvalue weighted by molar-refractivity contribution is 0.259. The molecule has 0 fully saturated rings. The Kier molecular flexibility index (Phi) is 5.59. The number of anilines is 1. The second-order valence-corrected chi connectivity index (χ2v) is 6.21. The standard InChI is InChI=1S/C11H16ClN3O3S/c1-8(15-19(17,18)7-6-12)9-2-4-10(5-3-9)14-11(13)16/h2-5,8,15H,6-7H2,1H3,(H3,13,14,16). The maximum Gasteiger partial charge on any atom is 0.316 e. The third-order valence-electron chi connectivity index (χ3n) is 2.38. The number of nitrogens with one attached hydrogen (secondary N) is 2. The lowest BCUT2D eigenvalue weighted by atomic mass is 10.1. The van der Waals surface area contributed by atoms with Crippen molar-refractivity contribution in [2.75, 3.05) is 16.9 Å². The van der Waals surface area contributed by atoms with Gasteiger partial charge < -0.3 is 11.1 Å². The van der Waals surface area contributed by atoms with E-state index in [1.54, 1.807) is 31.2 Å². The van der Waals surface area contributed by atoms with Gasteiger partial charge >= 0.3 is 6.03 Å². The van der Waals surface area contributed by atoms with E-state index in [1.807, 2.05) is 0 Å². The van der Waals surface area contributed by atoms with Crippen LogP contribution in [-0.2, 0) is 10.0 Å². The summed E-state index contributed by atoms with van der Waals surface area (Å²) in [4.78, 5) is 10.7. The molecule has 0 saturated carbocycles. The lowest BCUT2D eigenvalue weighted by Crippen LogP contribution is -2.29. The third kappa shape index (κ3) is 5.46. The topological polar surface area (TPSA) is 101 Å². The number of hydrogen-bond donors (Lipinski definition) is 3. The first-order chi connectivity index (χ1) is 8.84. The molecule has 1 aromatic carbocycles. The Hall–Kier alpha value is -1.31. The number of carbonyl (C=O) groups is 1. The Morgan fingerprint density at radius 3 is 2.42 bits per heavy atom. The van der Waals surface area contributed by atoms with Gasteiger partial charge in [-0.2, -0.15) is 0 Å². The number of halogens is 1. The van der Waals surface area contributed by atoms with Crippen molar-refractivity contribution in [3.63, 3.8) is 0 Å².